The van der Waals surface area contributed by atoms with Crippen molar-refractivity contribution in [3.63, 3.8) is 0 Å². The normalized spacial score (nSPS) is 23.4. The van der Waals surface area contributed by atoms with Crippen molar-refractivity contribution in [2.24, 2.45) is 5.92 Å². The van der Waals surface area contributed by atoms with E-state index in [1.54, 1.807) is 18.4 Å². The van der Waals surface area contributed by atoms with Crippen molar-refractivity contribution in [3.05, 3.63) is 47.9 Å². The van der Waals surface area contributed by atoms with E-state index in [1.165, 1.54) is 0 Å². The first-order valence-corrected chi connectivity index (χ1v) is 9.26. The highest BCUT2D eigenvalue weighted by Crippen LogP contribution is 2.50. The molecule has 140 valence electrons. The van der Waals surface area contributed by atoms with Gasteiger partial charge in [-0.3, -0.25) is 10.2 Å². The summed E-state index contributed by atoms with van der Waals surface area (Å²) in [5.41, 5.74) is 1.15. The van der Waals surface area contributed by atoms with E-state index in [4.69, 9.17) is 19.3 Å². The minimum atomic E-state index is 0.0569. The van der Waals surface area contributed by atoms with Crippen molar-refractivity contribution in [1.82, 2.24) is 9.80 Å². The van der Waals surface area contributed by atoms with E-state index >= 15 is 0 Å². The number of carbonyl (C=O) groups is 1. The van der Waals surface area contributed by atoms with Crippen LogP contribution in [0.2, 0.25) is 0 Å². The van der Waals surface area contributed by atoms with Gasteiger partial charge in [0.15, 0.2) is 23.1 Å². The number of fused-ring (bicyclic) bond motifs is 1. The summed E-state index contributed by atoms with van der Waals surface area (Å²) in [4.78, 5) is 16.8. The van der Waals surface area contributed by atoms with Crippen LogP contribution in [-0.4, -0.2) is 54.5 Å². The lowest BCUT2D eigenvalue weighted by atomic mass is 10.1. The molecule has 1 aliphatic carbocycles. The van der Waals surface area contributed by atoms with E-state index < -0.39 is 0 Å². The average molecular weight is 367 g/mol. The molecule has 0 radical (unpaired) electrons. The summed E-state index contributed by atoms with van der Waals surface area (Å²) in [6.07, 6.45) is 2.47. The highest BCUT2D eigenvalue weighted by atomic mass is 16.7. The van der Waals surface area contributed by atoms with Crippen molar-refractivity contribution < 1.29 is 18.7 Å². The zero-order valence-electron chi connectivity index (χ0n) is 14.9. The zero-order valence-corrected chi connectivity index (χ0v) is 14.9. The molecule has 1 aromatic heterocycles. The Morgan fingerprint density at radius 2 is 1.81 bits per heavy atom. The van der Waals surface area contributed by atoms with Gasteiger partial charge in [-0.25, -0.2) is 0 Å². The molecule has 1 aromatic carbocycles. The Bertz CT molecular complexity index is 871. The van der Waals surface area contributed by atoms with Crippen LogP contribution in [0.3, 0.4) is 0 Å². The number of hydrogen-bond donors (Lipinski definition) is 1. The number of carbonyl (C=O) groups excluding carboxylic acids is 1. The number of rotatable bonds is 3. The van der Waals surface area contributed by atoms with Gasteiger partial charge in [-0.05, 0) is 42.2 Å². The van der Waals surface area contributed by atoms with Gasteiger partial charge < -0.3 is 23.7 Å². The third-order valence-electron chi connectivity index (χ3n) is 5.59. The largest absolute Gasteiger partial charge is 0.461 e. The Morgan fingerprint density at radius 1 is 1.04 bits per heavy atom. The predicted octanol–water partition coefficient (Wildman–Crippen LogP) is 2.28. The second-order valence-corrected chi connectivity index (χ2v) is 7.20. The fraction of sp³-hybridized carbons (Fsp3) is 0.400. The quantitative estimate of drug-likeness (QED) is 0.665. The number of nitrogens with one attached hydrogen (secondary N) is 1. The number of nitrogens with zero attached hydrogens (tertiary/aromatic N) is 2. The molecule has 1 N–H and O–H groups in total. The number of ether oxygens (including phenoxy) is 2. The number of furan rings is 1. The fourth-order valence-corrected chi connectivity index (χ4v) is 3.93. The topological polar surface area (TPSA) is 79.0 Å². The Hall–Kier alpha value is -2.96. The van der Waals surface area contributed by atoms with E-state index in [0.717, 1.165) is 23.5 Å². The lowest BCUT2D eigenvalue weighted by Crippen LogP contribution is -2.51. The molecule has 2 atom stereocenters. The maximum atomic E-state index is 12.9. The van der Waals surface area contributed by atoms with Crippen molar-refractivity contribution in [2.45, 2.75) is 12.3 Å². The molecule has 3 aliphatic rings. The molecule has 1 saturated carbocycles. The van der Waals surface area contributed by atoms with Crippen molar-refractivity contribution in [1.29, 1.82) is 5.41 Å². The molecule has 5 rings (SSSR count). The fourth-order valence-electron chi connectivity index (χ4n) is 3.93. The third kappa shape index (κ3) is 2.93. The smallest absolute Gasteiger partial charge is 0.231 e. The SMILES string of the molecule is N=C(c1ccco1)N1CCN(C(=O)C2CC2c2ccc3c(c2)OCO3)CC1. The number of hydrogen-bond acceptors (Lipinski definition) is 5. The number of benzene rings is 1. The van der Waals surface area contributed by atoms with Crippen molar-refractivity contribution >= 4 is 11.7 Å². The Balaban J connectivity index is 1.18. The molecular formula is C20H21N3O4. The lowest BCUT2D eigenvalue weighted by Gasteiger charge is -2.35. The summed E-state index contributed by atoms with van der Waals surface area (Å²) >= 11 is 0. The summed E-state index contributed by atoms with van der Waals surface area (Å²) in [6.45, 7) is 2.88. The Labute approximate surface area is 157 Å². The Kier molecular flexibility index (Phi) is 3.81. The van der Waals surface area contributed by atoms with E-state index in [-0.39, 0.29) is 24.5 Å². The summed E-state index contributed by atoms with van der Waals surface area (Å²) in [7, 11) is 0. The first-order valence-electron chi connectivity index (χ1n) is 9.26. The molecule has 2 aromatic rings. The number of piperazine rings is 1. The Morgan fingerprint density at radius 3 is 2.59 bits per heavy atom. The van der Waals surface area contributed by atoms with Crippen LogP contribution >= 0.6 is 0 Å². The highest BCUT2D eigenvalue weighted by molar-refractivity contribution is 5.94. The van der Waals surface area contributed by atoms with Crippen LogP contribution in [-0.2, 0) is 4.79 Å². The van der Waals surface area contributed by atoms with E-state index in [0.29, 0.717) is 37.8 Å². The number of amides is 1. The van der Waals surface area contributed by atoms with Crippen LogP contribution in [0.1, 0.15) is 23.7 Å². The van der Waals surface area contributed by atoms with E-state index in [1.807, 2.05) is 28.0 Å². The first-order chi connectivity index (χ1) is 13.2. The van der Waals surface area contributed by atoms with Gasteiger partial charge in [-0.1, -0.05) is 6.07 Å². The van der Waals surface area contributed by atoms with Gasteiger partial charge in [0.05, 0.1) is 6.26 Å². The van der Waals surface area contributed by atoms with Crippen molar-refractivity contribution in [2.75, 3.05) is 33.0 Å². The standard InChI is InChI=1S/C20H21N3O4/c21-19(17-2-1-9-25-17)22-5-7-23(8-6-22)20(24)15-11-14(15)13-3-4-16-18(10-13)27-12-26-16/h1-4,9-10,14-15,21H,5-8,11-12H2. The van der Waals surface area contributed by atoms with Crippen molar-refractivity contribution in [3.8, 4) is 11.5 Å². The van der Waals surface area contributed by atoms with Crippen LogP contribution in [0.4, 0.5) is 0 Å². The molecule has 27 heavy (non-hydrogen) atoms. The maximum Gasteiger partial charge on any atom is 0.231 e. The van der Waals surface area contributed by atoms with Gasteiger partial charge in [0.25, 0.3) is 0 Å². The van der Waals surface area contributed by atoms with E-state index in [9.17, 15) is 4.79 Å². The monoisotopic (exact) mass is 367 g/mol. The summed E-state index contributed by atoms with van der Waals surface area (Å²) in [5, 5.41) is 8.22. The summed E-state index contributed by atoms with van der Waals surface area (Å²) in [5.74, 6) is 3.05. The zero-order chi connectivity index (χ0) is 18.4. The van der Waals surface area contributed by atoms with Crippen LogP contribution in [0, 0.1) is 11.3 Å². The van der Waals surface area contributed by atoms with Crippen LogP contribution < -0.4 is 9.47 Å². The molecular weight excluding hydrogens is 346 g/mol. The summed E-state index contributed by atoms with van der Waals surface area (Å²) in [6, 6.07) is 9.54. The second-order valence-electron chi connectivity index (χ2n) is 7.20. The maximum absolute atomic E-state index is 12.9. The molecule has 2 aliphatic heterocycles. The molecule has 2 unspecified atom stereocenters. The lowest BCUT2D eigenvalue weighted by molar-refractivity contribution is -0.133. The molecule has 0 spiro atoms. The molecule has 3 heterocycles. The van der Waals surface area contributed by atoms with Gasteiger partial charge in [-0.15, -0.1) is 0 Å². The number of amidine groups is 1. The molecule has 0 bridgehead atoms. The highest BCUT2D eigenvalue weighted by Gasteiger charge is 2.46. The van der Waals surface area contributed by atoms with Gasteiger partial charge in [-0.2, -0.15) is 0 Å². The van der Waals surface area contributed by atoms with E-state index in [2.05, 4.69) is 0 Å². The molecule has 1 saturated heterocycles. The summed E-state index contributed by atoms with van der Waals surface area (Å²) < 4.78 is 16.1. The van der Waals surface area contributed by atoms with Gasteiger partial charge in [0.2, 0.25) is 12.7 Å². The second kappa shape index (κ2) is 6.33. The van der Waals surface area contributed by atoms with Gasteiger partial charge in [0, 0.05) is 32.1 Å². The minimum absolute atomic E-state index is 0.0569. The molecule has 1 amide bonds. The van der Waals surface area contributed by atoms with Crippen LogP contribution in [0.5, 0.6) is 11.5 Å². The predicted molar refractivity (Wildman–Crippen MR) is 97.1 cm³/mol. The first kappa shape index (κ1) is 16.2. The average Bonchev–Trinajstić information content (AvgIpc) is 3.09. The third-order valence-corrected chi connectivity index (χ3v) is 5.59. The van der Waals surface area contributed by atoms with Crippen LogP contribution in [0.25, 0.3) is 0 Å². The molecule has 7 heteroatoms. The minimum Gasteiger partial charge on any atom is -0.461 e. The molecule has 2 fully saturated rings. The van der Waals surface area contributed by atoms with Crippen LogP contribution in [0.15, 0.2) is 41.0 Å². The van der Waals surface area contributed by atoms with Gasteiger partial charge in [0.1, 0.15) is 0 Å². The van der Waals surface area contributed by atoms with Gasteiger partial charge >= 0.3 is 0 Å². The molecule has 7 nitrogen and oxygen atoms in total.